The van der Waals surface area contributed by atoms with Crippen molar-refractivity contribution in [1.82, 2.24) is 14.6 Å². The molecule has 0 aromatic carbocycles. The molecule has 0 aliphatic carbocycles. The number of phosphoric ester groups is 1. The third-order valence-corrected chi connectivity index (χ3v) is 9.00. The summed E-state index contributed by atoms with van der Waals surface area (Å²) in [5.74, 6) is -0.394. The molecular formula is C14H20N5O11P3. The van der Waals surface area contributed by atoms with E-state index in [0.717, 1.165) is 0 Å². The van der Waals surface area contributed by atoms with Crippen molar-refractivity contribution in [3.63, 3.8) is 0 Å². The molecular weight excluding hydrogens is 507 g/mol. The van der Waals surface area contributed by atoms with Gasteiger partial charge in [-0.25, -0.2) is 23.2 Å². The van der Waals surface area contributed by atoms with Crippen LogP contribution in [0.25, 0.3) is 5.52 Å². The van der Waals surface area contributed by atoms with Crippen molar-refractivity contribution in [2.75, 3.05) is 12.3 Å². The SMILES string of the molecule is C[C@@H]1C(COP(=O)(O)OP(=O)(O)OP(=O)(O)O)O[C@@H](c2ccc3c(N)ncnn23)[C@]1(C)C#N. The van der Waals surface area contributed by atoms with E-state index in [9.17, 15) is 28.7 Å². The summed E-state index contributed by atoms with van der Waals surface area (Å²) in [6, 6.07) is 5.45. The number of aromatic nitrogens is 3. The molecule has 0 saturated carbocycles. The first-order chi connectivity index (χ1) is 15.1. The van der Waals surface area contributed by atoms with Crippen LogP contribution in [0.3, 0.4) is 0 Å². The van der Waals surface area contributed by atoms with E-state index in [4.69, 9.17) is 20.3 Å². The largest absolute Gasteiger partial charge is 0.490 e. The minimum absolute atomic E-state index is 0.199. The van der Waals surface area contributed by atoms with Gasteiger partial charge in [-0.15, -0.1) is 0 Å². The Bertz CT molecular complexity index is 1240. The van der Waals surface area contributed by atoms with Crippen molar-refractivity contribution in [1.29, 1.82) is 5.26 Å². The number of phosphoric acid groups is 3. The first kappa shape index (κ1) is 25.9. The van der Waals surface area contributed by atoms with Crippen LogP contribution in [-0.2, 0) is 31.6 Å². The number of rotatable bonds is 8. The Morgan fingerprint density at radius 1 is 1.24 bits per heavy atom. The van der Waals surface area contributed by atoms with E-state index in [1.54, 1.807) is 26.0 Å². The number of nitriles is 1. The first-order valence-corrected chi connectivity index (χ1v) is 13.5. The van der Waals surface area contributed by atoms with E-state index in [1.165, 1.54) is 10.8 Å². The molecule has 33 heavy (non-hydrogen) atoms. The molecule has 6 atom stereocenters. The van der Waals surface area contributed by atoms with Crippen molar-refractivity contribution in [2.24, 2.45) is 11.3 Å². The zero-order chi connectivity index (χ0) is 24.8. The van der Waals surface area contributed by atoms with Gasteiger partial charge in [0.25, 0.3) is 0 Å². The molecule has 3 unspecified atom stereocenters. The zero-order valence-electron chi connectivity index (χ0n) is 17.0. The monoisotopic (exact) mass is 527 g/mol. The lowest BCUT2D eigenvalue weighted by atomic mass is 9.74. The average Bonchev–Trinajstić information content (AvgIpc) is 3.18. The lowest BCUT2D eigenvalue weighted by Gasteiger charge is -2.25. The third kappa shape index (κ3) is 5.51. The summed E-state index contributed by atoms with van der Waals surface area (Å²) in [6.45, 7) is 2.56. The average molecular weight is 527 g/mol. The van der Waals surface area contributed by atoms with Gasteiger partial charge in [0, 0.05) is 5.92 Å². The van der Waals surface area contributed by atoms with Gasteiger partial charge in [-0.2, -0.15) is 19.0 Å². The van der Waals surface area contributed by atoms with Crippen molar-refractivity contribution in [3.05, 3.63) is 24.2 Å². The van der Waals surface area contributed by atoms with E-state index in [-0.39, 0.29) is 5.82 Å². The summed E-state index contributed by atoms with van der Waals surface area (Å²) in [5.41, 5.74) is 5.59. The summed E-state index contributed by atoms with van der Waals surface area (Å²) in [7, 11) is -16.5. The van der Waals surface area contributed by atoms with Gasteiger partial charge in [0.15, 0.2) is 5.82 Å². The van der Waals surface area contributed by atoms with Crippen LogP contribution >= 0.6 is 23.5 Å². The van der Waals surface area contributed by atoms with Gasteiger partial charge in [-0.3, -0.25) is 4.52 Å². The number of hydrogen-bond acceptors (Lipinski definition) is 11. The van der Waals surface area contributed by atoms with Crippen LogP contribution < -0.4 is 5.73 Å². The van der Waals surface area contributed by atoms with Gasteiger partial charge in [-0.05, 0) is 19.1 Å². The summed E-state index contributed by atoms with van der Waals surface area (Å²) < 4.78 is 53.6. The second-order valence-corrected chi connectivity index (χ2v) is 11.7. The molecule has 182 valence electrons. The predicted molar refractivity (Wildman–Crippen MR) is 108 cm³/mol. The highest BCUT2D eigenvalue weighted by molar-refractivity contribution is 7.66. The van der Waals surface area contributed by atoms with Gasteiger partial charge in [-0.1, -0.05) is 6.92 Å². The van der Waals surface area contributed by atoms with Crippen LogP contribution in [0.1, 0.15) is 25.6 Å². The van der Waals surface area contributed by atoms with E-state index in [2.05, 4.69) is 29.3 Å². The first-order valence-electron chi connectivity index (χ1n) is 9.02. The molecule has 0 spiro atoms. The zero-order valence-corrected chi connectivity index (χ0v) is 19.7. The molecule has 1 saturated heterocycles. The fourth-order valence-corrected chi connectivity index (χ4v) is 6.45. The van der Waals surface area contributed by atoms with E-state index >= 15 is 0 Å². The molecule has 1 aliphatic heterocycles. The topological polar surface area (TPSA) is 249 Å². The maximum Gasteiger partial charge on any atom is 0.490 e. The Morgan fingerprint density at radius 3 is 2.52 bits per heavy atom. The number of nitrogen functional groups attached to an aromatic ring is 1. The van der Waals surface area contributed by atoms with Gasteiger partial charge in [0.05, 0.1) is 29.9 Å². The van der Waals surface area contributed by atoms with Crippen LogP contribution in [0.4, 0.5) is 5.82 Å². The fraction of sp³-hybridized carbons (Fsp3) is 0.500. The third-order valence-electron chi connectivity index (χ3n) is 5.20. The minimum Gasteiger partial charge on any atom is -0.382 e. The Kier molecular flexibility index (Phi) is 6.91. The van der Waals surface area contributed by atoms with Crippen LogP contribution in [-0.4, -0.2) is 46.9 Å². The smallest absolute Gasteiger partial charge is 0.382 e. The molecule has 0 radical (unpaired) electrons. The van der Waals surface area contributed by atoms with Gasteiger partial charge in [0.1, 0.15) is 17.9 Å². The lowest BCUT2D eigenvalue weighted by molar-refractivity contribution is -0.00845. The predicted octanol–water partition coefficient (Wildman–Crippen LogP) is 1.26. The van der Waals surface area contributed by atoms with Crippen LogP contribution in [0, 0.1) is 22.7 Å². The number of fused-ring (bicyclic) bond motifs is 1. The molecule has 0 bridgehead atoms. The molecule has 3 rings (SSSR count). The van der Waals surface area contributed by atoms with Crippen LogP contribution in [0.2, 0.25) is 0 Å². The quantitative estimate of drug-likeness (QED) is 0.303. The van der Waals surface area contributed by atoms with Crippen molar-refractivity contribution >= 4 is 34.8 Å². The fourth-order valence-electron chi connectivity index (χ4n) is 3.42. The summed E-state index contributed by atoms with van der Waals surface area (Å²) in [4.78, 5) is 40.0. The highest BCUT2D eigenvalue weighted by atomic mass is 31.3. The maximum absolute atomic E-state index is 12.0. The molecule has 16 nitrogen and oxygen atoms in total. The maximum atomic E-state index is 12.0. The molecule has 19 heteroatoms. The van der Waals surface area contributed by atoms with E-state index in [1.807, 2.05) is 0 Å². The van der Waals surface area contributed by atoms with Gasteiger partial charge in [0.2, 0.25) is 0 Å². The molecule has 0 amide bonds. The lowest BCUT2D eigenvalue weighted by Crippen LogP contribution is -2.29. The Morgan fingerprint density at radius 2 is 1.91 bits per heavy atom. The van der Waals surface area contributed by atoms with E-state index < -0.39 is 53.6 Å². The number of nitrogens with two attached hydrogens (primary N) is 1. The summed E-state index contributed by atoms with van der Waals surface area (Å²) in [5, 5.41) is 14.0. The normalized spacial score (nSPS) is 29.4. The number of ether oxygens (including phenoxy) is 1. The molecule has 6 N–H and O–H groups in total. The molecule has 3 heterocycles. The van der Waals surface area contributed by atoms with Crippen molar-refractivity contribution in [2.45, 2.75) is 26.1 Å². The molecule has 1 fully saturated rings. The second kappa shape index (κ2) is 8.81. The summed E-state index contributed by atoms with van der Waals surface area (Å²) >= 11 is 0. The number of nitrogens with zero attached hydrogens (tertiary/aromatic N) is 4. The van der Waals surface area contributed by atoms with Crippen LogP contribution in [0.15, 0.2) is 18.5 Å². The van der Waals surface area contributed by atoms with Crippen molar-refractivity contribution < 1.29 is 51.2 Å². The van der Waals surface area contributed by atoms with E-state index in [0.29, 0.717) is 11.2 Å². The molecule has 2 aromatic rings. The standard InChI is InChI=1S/C14H20N5O11P3/c1-8-11(5-27-32(23,24)30-33(25,26)29-31(20,21)22)28-12(14(8,2)6-15)9-3-4-10-13(16)17-7-18-19(9)10/h3-4,7-8,11-12H,5H2,1-2H3,(H,23,24)(H,25,26)(H2,16,17,18)(H2,20,21,22)/t8-,11?,12+,14-/m1/s1. The van der Waals surface area contributed by atoms with Crippen molar-refractivity contribution in [3.8, 4) is 6.07 Å². The minimum atomic E-state index is -5.65. The highest BCUT2D eigenvalue weighted by Crippen LogP contribution is 2.66. The Hall–Kier alpha value is -1.72. The number of hydrogen-bond donors (Lipinski definition) is 5. The Balaban J connectivity index is 1.79. The molecule has 1 aliphatic rings. The van der Waals surface area contributed by atoms with Crippen LogP contribution in [0.5, 0.6) is 0 Å². The van der Waals surface area contributed by atoms with Gasteiger partial charge >= 0.3 is 23.5 Å². The van der Waals surface area contributed by atoms with Gasteiger partial charge < -0.3 is 30.0 Å². The second-order valence-electron chi connectivity index (χ2n) is 7.33. The number of anilines is 1. The highest BCUT2D eigenvalue weighted by Gasteiger charge is 2.54. The summed E-state index contributed by atoms with van der Waals surface area (Å²) in [6.07, 6.45) is -0.640. The Labute approximate surface area is 186 Å². The molecule has 2 aromatic heterocycles.